The van der Waals surface area contributed by atoms with Gasteiger partial charge in [-0.2, -0.15) is 5.26 Å². The van der Waals surface area contributed by atoms with Gasteiger partial charge in [-0.15, -0.1) is 0 Å². The van der Waals surface area contributed by atoms with Crippen molar-refractivity contribution in [2.75, 3.05) is 31.6 Å². The van der Waals surface area contributed by atoms with Crippen LogP contribution in [-0.4, -0.2) is 64.5 Å². The summed E-state index contributed by atoms with van der Waals surface area (Å²) < 4.78 is 5.08. The topological polar surface area (TPSA) is 141 Å². The molecule has 33 heavy (non-hydrogen) atoms. The average Bonchev–Trinajstić information content (AvgIpc) is 3.28. The van der Waals surface area contributed by atoms with Gasteiger partial charge >= 0.3 is 5.97 Å². The number of rotatable bonds is 8. The summed E-state index contributed by atoms with van der Waals surface area (Å²) in [6.45, 7) is 5.42. The maximum Gasteiger partial charge on any atom is 0.350 e. The van der Waals surface area contributed by atoms with Crippen LogP contribution >= 0.6 is 0 Å². The van der Waals surface area contributed by atoms with Crippen molar-refractivity contribution >= 4 is 28.7 Å². The largest absolute Gasteiger partial charge is 0.462 e. The van der Waals surface area contributed by atoms with Gasteiger partial charge in [0.05, 0.1) is 24.5 Å². The minimum atomic E-state index is -0.777. The molecule has 0 saturated carbocycles. The lowest BCUT2D eigenvalue weighted by Gasteiger charge is -2.42. The molecule has 0 bridgehead atoms. The average molecular weight is 454 g/mol. The van der Waals surface area contributed by atoms with Crippen LogP contribution in [0.15, 0.2) is 29.9 Å². The predicted octanol–water partition coefficient (Wildman–Crippen LogP) is 2.10. The summed E-state index contributed by atoms with van der Waals surface area (Å²) in [5.74, 6) is 0.134. The summed E-state index contributed by atoms with van der Waals surface area (Å²) in [6, 6.07) is 3.76. The van der Waals surface area contributed by atoms with Crippen LogP contribution in [0.5, 0.6) is 0 Å². The monoisotopic (exact) mass is 453 g/mol. The number of aromatic amines is 1. The van der Waals surface area contributed by atoms with Gasteiger partial charge in [-0.25, -0.2) is 14.8 Å². The van der Waals surface area contributed by atoms with E-state index in [0.29, 0.717) is 25.4 Å². The van der Waals surface area contributed by atoms with Crippen molar-refractivity contribution in [3.8, 4) is 6.07 Å². The molecule has 10 heteroatoms. The third kappa shape index (κ3) is 5.42. The molecule has 1 aliphatic rings. The van der Waals surface area contributed by atoms with Crippen molar-refractivity contribution < 1.29 is 14.3 Å². The molecule has 0 aromatic carbocycles. The van der Waals surface area contributed by atoms with Gasteiger partial charge in [-0.3, -0.25) is 4.79 Å². The number of ether oxygens (including phenoxy) is 1. The number of esters is 1. The minimum absolute atomic E-state index is 0.0374. The van der Waals surface area contributed by atoms with E-state index in [1.165, 1.54) is 6.33 Å². The molecule has 10 nitrogen and oxygen atoms in total. The van der Waals surface area contributed by atoms with Crippen molar-refractivity contribution in [2.24, 2.45) is 11.7 Å². The molecule has 0 radical (unpaired) electrons. The Hall–Kier alpha value is -3.61. The molecule has 1 amide bonds. The lowest BCUT2D eigenvalue weighted by Crippen LogP contribution is -2.53. The third-order valence-electron chi connectivity index (χ3n) is 6.15. The number of amides is 1. The Morgan fingerprint density at radius 1 is 1.42 bits per heavy atom. The number of likely N-dealkylation sites (N-methyl/N-ethyl adjacent to an activating group) is 1. The maximum atomic E-state index is 13.0. The number of unbranched alkanes of at least 4 members (excludes halogenated alkanes) is 1. The molecule has 3 rings (SSSR count). The van der Waals surface area contributed by atoms with Gasteiger partial charge in [0.2, 0.25) is 5.91 Å². The molecular weight excluding hydrogens is 422 g/mol. The molecular formula is C23H31N7O3. The zero-order valence-corrected chi connectivity index (χ0v) is 19.4. The highest BCUT2D eigenvalue weighted by molar-refractivity contribution is 5.95. The predicted molar refractivity (Wildman–Crippen MR) is 124 cm³/mol. The standard InChI is InChI=1S/C23H31N7O3/c1-4-5-10-33-23(32)17(12-24)18(25)11-20(31)30-9-7-15(2)19(13-30)29(3)22-16-6-8-26-21(16)27-14-28-22/h6,8,14-15,19H,4-5,7,9-11,13,25H2,1-3H3,(H,26,27,28)/b18-17+/t15-,19+/m1/s1. The van der Waals surface area contributed by atoms with Gasteiger partial charge in [0.25, 0.3) is 0 Å². The van der Waals surface area contributed by atoms with Crippen LogP contribution in [0.4, 0.5) is 5.82 Å². The van der Waals surface area contributed by atoms with Crippen molar-refractivity contribution in [1.82, 2.24) is 19.9 Å². The number of carbonyl (C=O) groups is 2. The van der Waals surface area contributed by atoms with E-state index in [0.717, 1.165) is 29.7 Å². The van der Waals surface area contributed by atoms with Crippen molar-refractivity contribution in [2.45, 2.75) is 45.6 Å². The highest BCUT2D eigenvalue weighted by Gasteiger charge is 2.33. The molecule has 0 aliphatic carbocycles. The number of hydrogen-bond donors (Lipinski definition) is 2. The van der Waals surface area contributed by atoms with E-state index in [4.69, 9.17) is 10.5 Å². The van der Waals surface area contributed by atoms with E-state index in [1.807, 2.05) is 26.2 Å². The fourth-order valence-electron chi connectivity index (χ4n) is 4.07. The molecule has 0 unspecified atom stereocenters. The quantitative estimate of drug-likeness (QED) is 0.268. The van der Waals surface area contributed by atoms with Gasteiger partial charge in [-0.05, 0) is 24.8 Å². The van der Waals surface area contributed by atoms with E-state index in [1.54, 1.807) is 11.0 Å². The van der Waals surface area contributed by atoms with Gasteiger partial charge in [-0.1, -0.05) is 20.3 Å². The molecule has 1 saturated heterocycles. The first-order valence-electron chi connectivity index (χ1n) is 11.2. The molecule has 2 aromatic heterocycles. The number of hydrogen-bond acceptors (Lipinski definition) is 8. The van der Waals surface area contributed by atoms with E-state index in [-0.39, 0.29) is 36.2 Å². The van der Waals surface area contributed by atoms with Gasteiger partial charge < -0.3 is 25.3 Å². The molecule has 3 N–H and O–H groups in total. The number of likely N-dealkylation sites (tertiary alicyclic amines) is 1. The SMILES string of the molecule is CCCCOC(=O)/C(C#N)=C(/N)CC(=O)N1CC[C@@H](C)[C@@H](N(C)c2ncnc3[nH]ccc23)C1. The molecule has 176 valence electrons. The maximum absolute atomic E-state index is 13.0. The number of fused-ring (bicyclic) bond motifs is 1. The second-order valence-electron chi connectivity index (χ2n) is 8.40. The molecule has 2 aromatic rings. The molecule has 1 aliphatic heterocycles. The lowest BCUT2D eigenvalue weighted by molar-refractivity contribution is -0.138. The van der Waals surface area contributed by atoms with Crippen LogP contribution in [-0.2, 0) is 14.3 Å². The smallest absolute Gasteiger partial charge is 0.350 e. The Morgan fingerprint density at radius 2 is 2.21 bits per heavy atom. The highest BCUT2D eigenvalue weighted by Crippen LogP contribution is 2.29. The van der Waals surface area contributed by atoms with Gasteiger partial charge in [0.15, 0.2) is 5.57 Å². The van der Waals surface area contributed by atoms with Gasteiger partial charge in [0.1, 0.15) is 23.9 Å². The van der Waals surface area contributed by atoms with Gasteiger partial charge in [0, 0.05) is 32.0 Å². The number of nitrogens with zero attached hydrogens (tertiary/aromatic N) is 5. The second kappa shape index (κ2) is 10.8. The van der Waals surface area contributed by atoms with E-state index in [2.05, 4.69) is 26.8 Å². The summed E-state index contributed by atoms with van der Waals surface area (Å²) in [5.41, 5.74) is 6.39. The second-order valence-corrected chi connectivity index (χ2v) is 8.40. The first-order valence-corrected chi connectivity index (χ1v) is 11.2. The van der Waals surface area contributed by atoms with Crippen LogP contribution in [0.2, 0.25) is 0 Å². The fraction of sp³-hybridized carbons (Fsp3) is 0.522. The summed E-state index contributed by atoms with van der Waals surface area (Å²) in [7, 11) is 1.97. The molecule has 1 fully saturated rings. The minimum Gasteiger partial charge on any atom is -0.462 e. The Balaban J connectivity index is 1.71. The van der Waals surface area contributed by atoms with Crippen molar-refractivity contribution in [3.05, 3.63) is 29.9 Å². The Kier molecular flexibility index (Phi) is 7.87. The number of nitriles is 1. The van der Waals surface area contributed by atoms with E-state index >= 15 is 0 Å². The summed E-state index contributed by atoms with van der Waals surface area (Å²) in [6.07, 6.45) is 5.52. The highest BCUT2D eigenvalue weighted by atomic mass is 16.5. The zero-order chi connectivity index (χ0) is 24.0. The van der Waals surface area contributed by atoms with Crippen molar-refractivity contribution in [1.29, 1.82) is 5.26 Å². The number of carbonyl (C=O) groups excluding carboxylic acids is 2. The van der Waals surface area contributed by atoms with E-state index < -0.39 is 5.97 Å². The number of anilines is 1. The summed E-state index contributed by atoms with van der Waals surface area (Å²) in [4.78, 5) is 40.8. The lowest BCUT2D eigenvalue weighted by atomic mass is 9.92. The Labute approximate surface area is 193 Å². The molecule has 2 atom stereocenters. The number of nitrogens with one attached hydrogen (secondary N) is 1. The van der Waals surface area contributed by atoms with Crippen LogP contribution in [0.1, 0.15) is 39.5 Å². The normalized spacial score (nSPS) is 19.0. The third-order valence-corrected chi connectivity index (χ3v) is 6.15. The first kappa shape index (κ1) is 24.0. The number of nitrogens with two attached hydrogens (primary N) is 1. The number of H-pyrrole nitrogens is 1. The summed E-state index contributed by atoms with van der Waals surface area (Å²) in [5, 5.41) is 10.3. The Morgan fingerprint density at radius 3 is 2.94 bits per heavy atom. The van der Waals surface area contributed by atoms with Crippen LogP contribution in [0, 0.1) is 17.2 Å². The van der Waals surface area contributed by atoms with E-state index in [9.17, 15) is 14.9 Å². The fourth-order valence-corrected chi connectivity index (χ4v) is 4.07. The van der Waals surface area contributed by atoms with Crippen LogP contribution in [0.25, 0.3) is 11.0 Å². The molecule has 0 spiro atoms. The number of piperidine rings is 1. The van der Waals surface area contributed by atoms with Crippen LogP contribution < -0.4 is 10.6 Å². The Bertz CT molecular complexity index is 1070. The summed E-state index contributed by atoms with van der Waals surface area (Å²) >= 11 is 0. The van der Waals surface area contributed by atoms with Crippen LogP contribution in [0.3, 0.4) is 0 Å². The molecule has 3 heterocycles. The first-order chi connectivity index (χ1) is 15.9. The zero-order valence-electron chi connectivity index (χ0n) is 19.4. The number of aromatic nitrogens is 3. The van der Waals surface area contributed by atoms with Crippen molar-refractivity contribution in [3.63, 3.8) is 0 Å².